The molecule has 2 atom stereocenters. The second-order valence-corrected chi connectivity index (χ2v) is 5.31. The van der Waals surface area contributed by atoms with Gasteiger partial charge >= 0.3 is 0 Å². The summed E-state index contributed by atoms with van der Waals surface area (Å²) in [5.41, 5.74) is 7.25. The van der Waals surface area contributed by atoms with Crippen molar-refractivity contribution in [2.75, 3.05) is 18.4 Å². The smallest absolute Gasteiger partial charge is 0.252 e. The van der Waals surface area contributed by atoms with Gasteiger partial charge in [-0.2, -0.15) is 5.10 Å². The summed E-state index contributed by atoms with van der Waals surface area (Å²) < 4.78 is 1.55. The molecule has 0 saturated carbocycles. The minimum absolute atomic E-state index is 0.220. The Morgan fingerprint density at radius 1 is 1.62 bits per heavy atom. The third-order valence-corrected chi connectivity index (χ3v) is 3.97. The zero-order valence-corrected chi connectivity index (χ0v) is 11.8. The Morgan fingerprint density at radius 2 is 2.43 bits per heavy atom. The van der Waals surface area contributed by atoms with Crippen molar-refractivity contribution in [2.45, 2.75) is 19.4 Å². The molecule has 0 bridgehead atoms. The van der Waals surface area contributed by atoms with E-state index < -0.39 is 5.91 Å². The molecule has 2 aromatic heterocycles. The number of rotatable bonds is 4. The number of hydrogen-bond donors (Lipinski definition) is 3. The maximum absolute atomic E-state index is 11.7. The van der Waals surface area contributed by atoms with Crippen LogP contribution in [0.3, 0.4) is 0 Å². The van der Waals surface area contributed by atoms with E-state index >= 15 is 0 Å². The Morgan fingerprint density at radius 3 is 3.14 bits per heavy atom. The topological polar surface area (TPSA) is 97.3 Å². The summed E-state index contributed by atoms with van der Waals surface area (Å²) in [6, 6.07) is 0.220. The molecular weight excluding hydrogens is 267 g/mol. The third-order valence-electron chi connectivity index (χ3n) is 3.97. The first-order chi connectivity index (χ1) is 10.1. The lowest BCUT2D eigenvalue weighted by Gasteiger charge is -2.21. The van der Waals surface area contributed by atoms with Crippen molar-refractivity contribution in [2.24, 2.45) is 11.7 Å². The minimum atomic E-state index is -0.534. The van der Waals surface area contributed by atoms with E-state index in [1.54, 1.807) is 10.7 Å². The number of nitrogens with one attached hydrogen (secondary N) is 2. The molecule has 108 valence electrons. The van der Waals surface area contributed by atoms with Gasteiger partial charge in [-0.05, 0) is 5.92 Å². The van der Waals surface area contributed by atoms with Crippen LogP contribution in [-0.2, 0) is 0 Å². The molecule has 2 radical (unpaired) electrons. The summed E-state index contributed by atoms with van der Waals surface area (Å²) in [6.45, 7) is 3.94. The molecule has 1 aliphatic rings. The number of carbonyl (C=O) groups is 1. The van der Waals surface area contributed by atoms with Crippen molar-refractivity contribution in [3.05, 3.63) is 18.0 Å². The molecule has 1 amide bonds. The van der Waals surface area contributed by atoms with Gasteiger partial charge < -0.3 is 16.4 Å². The molecule has 0 aromatic carbocycles. The van der Waals surface area contributed by atoms with Crippen LogP contribution in [0.25, 0.3) is 5.65 Å². The van der Waals surface area contributed by atoms with E-state index in [0.29, 0.717) is 28.4 Å². The molecule has 0 aliphatic carbocycles. The highest BCUT2D eigenvalue weighted by atomic mass is 16.1. The van der Waals surface area contributed by atoms with Crippen LogP contribution < -0.4 is 22.0 Å². The summed E-state index contributed by atoms with van der Waals surface area (Å²) >= 11 is 0. The molecule has 8 heteroatoms. The van der Waals surface area contributed by atoms with Crippen LogP contribution in [0.1, 0.15) is 23.7 Å². The van der Waals surface area contributed by atoms with Crippen LogP contribution in [-0.4, -0.2) is 47.5 Å². The lowest BCUT2D eigenvalue weighted by atomic mass is 10.0. The highest BCUT2D eigenvalue weighted by Crippen LogP contribution is 2.24. The van der Waals surface area contributed by atoms with E-state index in [1.807, 2.05) is 0 Å². The fourth-order valence-electron chi connectivity index (χ4n) is 2.80. The van der Waals surface area contributed by atoms with Crippen molar-refractivity contribution in [1.29, 1.82) is 0 Å². The van der Waals surface area contributed by atoms with Crippen molar-refractivity contribution < 1.29 is 4.79 Å². The molecular formula is C13H17BN6O. The standard InChI is InChI=1S/C13H17BN6O/c1-2-7-3-16-5-9(7)18-11-8(12(15)21)4-17-20-6-10(14)19-13(11)20/h4,6-7,9,16,18H,2-3,5H2,1H3,(H2,15,21)/t7-,9+/m0/s1. The quantitative estimate of drug-likeness (QED) is 0.628. The average molecular weight is 284 g/mol. The van der Waals surface area contributed by atoms with Gasteiger partial charge in [-0.3, -0.25) is 4.79 Å². The van der Waals surface area contributed by atoms with Crippen LogP contribution in [0.5, 0.6) is 0 Å². The fourth-order valence-corrected chi connectivity index (χ4v) is 2.80. The zero-order valence-electron chi connectivity index (χ0n) is 11.8. The number of nitrogens with zero attached hydrogens (tertiary/aromatic N) is 3. The number of fused-ring (bicyclic) bond motifs is 1. The van der Waals surface area contributed by atoms with E-state index in [0.717, 1.165) is 19.5 Å². The molecule has 1 aliphatic heterocycles. The van der Waals surface area contributed by atoms with Crippen molar-refractivity contribution in [3.8, 4) is 0 Å². The van der Waals surface area contributed by atoms with Crippen LogP contribution >= 0.6 is 0 Å². The Kier molecular flexibility index (Phi) is 3.54. The molecule has 3 heterocycles. The highest BCUT2D eigenvalue weighted by molar-refractivity contribution is 6.30. The van der Waals surface area contributed by atoms with E-state index in [2.05, 4.69) is 27.6 Å². The summed E-state index contributed by atoms with van der Waals surface area (Å²) in [4.78, 5) is 15.9. The summed E-state index contributed by atoms with van der Waals surface area (Å²) in [6.07, 6.45) is 4.10. The lowest BCUT2D eigenvalue weighted by Crippen LogP contribution is -2.30. The molecule has 21 heavy (non-hydrogen) atoms. The van der Waals surface area contributed by atoms with Crippen LogP contribution in [0.15, 0.2) is 12.4 Å². The van der Waals surface area contributed by atoms with Gasteiger partial charge in [-0.15, -0.1) is 0 Å². The fraction of sp³-hybridized carbons (Fsp3) is 0.462. The summed E-state index contributed by atoms with van der Waals surface area (Å²) in [5.74, 6) is -0.0423. The number of aromatic nitrogens is 3. The van der Waals surface area contributed by atoms with E-state index in [-0.39, 0.29) is 6.04 Å². The first-order valence-corrected chi connectivity index (χ1v) is 7.01. The zero-order chi connectivity index (χ0) is 15.0. The number of nitrogens with two attached hydrogens (primary N) is 1. The highest BCUT2D eigenvalue weighted by Gasteiger charge is 2.27. The Balaban J connectivity index is 2.05. The third kappa shape index (κ3) is 2.46. The van der Waals surface area contributed by atoms with Gasteiger partial charge in [0.15, 0.2) is 5.65 Å². The lowest BCUT2D eigenvalue weighted by molar-refractivity contribution is 0.100. The van der Waals surface area contributed by atoms with Crippen LogP contribution in [0.2, 0.25) is 0 Å². The van der Waals surface area contributed by atoms with Gasteiger partial charge in [-0.1, -0.05) is 13.3 Å². The molecule has 7 nitrogen and oxygen atoms in total. The number of hydrogen-bond acceptors (Lipinski definition) is 5. The number of anilines is 1. The number of amides is 1. The van der Waals surface area contributed by atoms with Gasteiger partial charge in [0.25, 0.3) is 5.91 Å². The SMILES string of the molecule is [B]c1cn2ncc(C(N)=O)c(N[C@@H]3CNC[C@@H]3CC)c2n1. The second kappa shape index (κ2) is 5.36. The molecule has 1 fully saturated rings. The Bertz CT molecular complexity index is 685. The van der Waals surface area contributed by atoms with Gasteiger partial charge in [0, 0.05) is 30.9 Å². The Hall–Kier alpha value is -2.09. The maximum atomic E-state index is 11.7. The molecule has 0 unspecified atom stereocenters. The molecule has 1 saturated heterocycles. The number of carbonyl (C=O) groups excluding carboxylic acids is 1. The van der Waals surface area contributed by atoms with Crippen molar-refractivity contribution >= 4 is 30.7 Å². The monoisotopic (exact) mass is 284 g/mol. The van der Waals surface area contributed by atoms with Gasteiger partial charge in [0.1, 0.15) is 7.85 Å². The number of primary amides is 1. The summed E-state index contributed by atoms with van der Waals surface area (Å²) in [5, 5.41) is 10.9. The molecule has 2 aromatic rings. The number of imidazole rings is 1. The van der Waals surface area contributed by atoms with Crippen LogP contribution in [0, 0.1) is 5.92 Å². The predicted molar refractivity (Wildman–Crippen MR) is 81.0 cm³/mol. The van der Waals surface area contributed by atoms with Crippen molar-refractivity contribution in [3.63, 3.8) is 0 Å². The van der Waals surface area contributed by atoms with Gasteiger partial charge in [0.05, 0.1) is 17.4 Å². The first-order valence-electron chi connectivity index (χ1n) is 7.01. The molecule has 4 N–H and O–H groups in total. The second-order valence-electron chi connectivity index (χ2n) is 5.31. The maximum Gasteiger partial charge on any atom is 0.252 e. The average Bonchev–Trinajstić information content (AvgIpc) is 3.03. The van der Waals surface area contributed by atoms with E-state index in [4.69, 9.17) is 13.6 Å². The minimum Gasteiger partial charge on any atom is -0.377 e. The first kappa shape index (κ1) is 13.9. The van der Waals surface area contributed by atoms with Gasteiger partial charge in [-0.25, -0.2) is 9.50 Å². The normalized spacial score (nSPS) is 21.8. The summed E-state index contributed by atoms with van der Waals surface area (Å²) in [7, 11) is 5.72. The Labute approximate surface area is 123 Å². The largest absolute Gasteiger partial charge is 0.377 e. The van der Waals surface area contributed by atoms with Crippen LogP contribution in [0.4, 0.5) is 5.69 Å². The predicted octanol–water partition coefficient (Wildman–Crippen LogP) is -0.968. The van der Waals surface area contributed by atoms with Gasteiger partial charge in [0.2, 0.25) is 0 Å². The molecule has 0 spiro atoms. The van der Waals surface area contributed by atoms with E-state index in [1.165, 1.54) is 6.20 Å². The van der Waals surface area contributed by atoms with Crippen molar-refractivity contribution in [1.82, 2.24) is 19.9 Å². The molecule has 3 rings (SSSR count). The van der Waals surface area contributed by atoms with E-state index in [9.17, 15) is 4.79 Å².